The van der Waals surface area contributed by atoms with Crippen LogP contribution in [0.15, 0.2) is 35.6 Å². The molecule has 62 valence electrons. The highest BCUT2D eigenvalue weighted by Crippen LogP contribution is 2.08. The summed E-state index contributed by atoms with van der Waals surface area (Å²) in [5.74, 6) is 0.369. The Labute approximate surface area is 68.7 Å². The summed E-state index contributed by atoms with van der Waals surface area (Å²) < 4.78 is 0. The van der Waals surface area contributed by atoms with Gasteiger partial charge in [-0.3, -0.25) is 0 Å². The lowest BCUT2D eigenvalue weighted by molar-refractivity contribution is 0.425. The minimum atomic E-state index is 0.369. The number of aliphatic hydroxyl groups is 1. The highest BCUT2D eigenvalue weighted by molar-refractivity contribution is 5.27. The van der Waals surface area contributed by atoms with Crippen molar-refractivity contribution in [1.29, 1.82) is 0 Å². The Morgan fingerprint density at radius 3 is 2.09 bits per heavy atom. The van der Waals surface area contributed by atoms with Crippen LogP contribution in [0.25, 0.3) is 0 Å². The minimum Gasteiger partial charge on any atom is -0.508 e. The Hall–Kier alpha value is -0.980. The van der Waals surface area contributed by atoms with Crippen molar-refractivity contribution < 1.29 is 5.11 Å². The molecule has 0 amide bonds. The van der Waals surface area contributed by atoms with Crippen molar-refractivity contribution in [2.75, 3.05) is 0 Å². The van der Waals surface area contributed by atoms with Gasteiger partial charge in [0.15, 0.2) is 0 Å². The van der Waals surface area contributed by atoms with Crippen molar-refractivity contribution in [3.8, 4) is 0 Å². The average molecular weight is 152 g/mol. The molecule has 0 fully saturated rings. The van der Waals surface area contributed by atoms with Crippen LogP contribution in [0.5, 0.6) is 0 Å². The zero-order valence-electron chi connectivity index (χ0n) is 7.46. The van der Waals surface area contributed by atoms with E-state index in [-0.39, 0.29) is 0 Å². The fraction of sp³-hybridized carbons (Fsp3) is 0.400. The molecule has 1 heteroatoms. The maximum Gasteiger partial charge on any atom is 0.118 e. The molecule has 0 unspecified atom stereocenters. The molecule has 0 bridgehead atoms. The lowest BCUT2D eigenvalue weighted by Crippen LogP contribution is -1.83. The first-order valence-corrected chi connectivity index (χ1v) is 3.93. The van der Waals surface area contributed by atoms with Gasteiger partial charge in [0.05, 0.1) is 0 Å². The molecule has 11 heavy (non-hydrogen) atoms. The van der Waals surface area contributed by atoms with Gasteiger partial charge < -0.3 is 5.11 Å². The largest absolute Gasteiger partial charge is 0.508 e. The molecular formula is C10H16O. The summed E-state index contributed by atoms with van der Waals surface area (Å²) in [7, 11) is 0. The molecule has 0 aromatic carbocycles. The topological polar surface area (TPSA) is 20.2 Å². The third-order valence-electron chi connectivity index (χ3n) is 1.40. The molecule has 0 spiro atoms. The fourth-order valence-corrected chi connectivity index (χ4v) is 0.850. The van der Waals surface area contributed by atoms with Crippen LogP contribution in [0.1, 0.15) is 27.2 Å². The summed E-state index contributed by atoms with van der Waals surface area (Å²) in [5.41, 5.74) is 0.977. The number of hydrogen-bond donors (Lipinski definition) is 1. The molecule has 0 aromatic rings. The van der Waals surface area contributed by atoms with Crippen molar-refractivity contribution in [3.63, 3.8) is 0 Å². The van der Waals surface area contributed by atoms with E-state index < -0.39 is 0 Å². The number of rotatable bonds is 3. The van der Waals surface area contributed by atoms with Crippen molar-refractivity contribution in [2.45, 2.75) is 27.2 Å². The Bertz CT molecular complexity index is 185. The van der Waals surface area contributed by atoms with E-state index in [4.69, 9.17) is 0 Å². The zero-order chi connectivity index (χ0) is 8.69. The van der Waals surface area contributed by atoms with Crippen LogP contribution in [0.4, 0.5) is 0 Å². The Morgan fingerprint density at radius 2 is 1.73 bits per heavy atom. The summed E-state index contributed by atoms with van der Waals surface area (Å²) in [5, 5.41) is 9.38. The second kappa shape index (κ2) is 5.78. The number of hydrogen-bond acceptors (Lipinski definition) is 1. The maximum absolute atomic E-state index is 9.38. The summed E-state index contributed by atoms with van der Waals surface area (Å²) in [6.45, 7) is 5.85. The maximum atomic E-state index is 9.38. The highest BCUT2D eigenvalue weighted by atomic mass is 16.3. The van der Waals surface area contributed by atoms with Crippen molar-refractivity contribution in [1.82, 2.24) is 0 Å². The van der Waals surface area contributed by atoms with Gasteiger partial charge in [-0.25, -0.2) is 0 Å². The number of allylic oxidation sites excluding steroid dienone is 5. The molecule has 0 saturated heterocycles. The molecule has 0 aliphatic heterocycles. The Morgan fingerprint density at radius 1 is 1.18 bits per heavy atom. The third kappa shape index (κ3) is 3.66. The number of aliphatic hydroxyl groups excluding tert-OH is 1. The lowest BCUT2D eigenvalue weighted by Gasteiger charge is -1.98. The Balaban J connectivity index is 4.52. The smallest absolute Gasteiger partial charge is 0.118 e. The molecule has 0 rings (SSSR count). The van der Waals surface area contributed by atoms with Crippen LogP contribution >= 0.6 is 0 Å². The SMILES string of the molecule is C\C=C/C(CC)=C(O)\C=C\C. The predicted molar refractivity (Wildman–Crippen MR) is 49.6 cm³/mol. The standard InChI is InChI=1S/C10H16O/c1-4-7-9(6-3)10(11)8-5-2/h4-5,7-8,11H,6H2,1-3H3/b7-4-,8-5+,10-9+. The first-order valence-electron chi connectivity index (χ1n) is 3.93. The van der Waals surface area contributed by atoms with Crippen LogP contribution in [0.2, 0.25) is 0 Å². The molecule has 0 aliphatic carbocycles. The summed E-state index contributed by atoms with van der Waals surface area (Å²) in [6.07, 6.45) is 8.25. The molecule has 0 atom stereocenters. The lowest BCUT2D eigenvalue weighted by atomic mass is 10.1. The van der Waals surface area contributed by atoms with E-state index in [1.807, 2.05) is 39.0 Å². The second-order valence-corrected chi connectivity index (χ2v) is 2.26. The van der Waals surface area contributed by atoms with Crippen molar-refractivity contribution in [2.24, 2.45) is 0 Å². The molecule has 1 N–H and O–H groups in total. The monoisotopic (exact) mass is 152 g/mol. The van der Waals surface area contributed by atoms with E-state index in [0.717, 1.165) is 12.0 Å². The van der Waals surface area contributed by atoms with Gasteiger partial charge in [0, 0.05) is 0 Å². The van der Waals surface area contributed by atoms with E-state index in [9.17, 15) is 5.11 Å². The molecule has 0 aromatic heterocycles. The summed E-state index contributed by atoms with van der Waals surface area (Å²) in [4.78, 5) is 0. The van der Waals surface area contributed by atoms with Gasteiger partial charge in [0.2, 0.25) is 0 Å². The van der Waals surface area contributed by atoms with E-state index in [2.05, 4.69) is 0 Å². The Kier molecular flexibility index (Phi) is 5.26. The molecule has 0 radical (unpaired) electrons. The minimum absolute atomic E-state index is 0.369. The van der Waals surface area contributed by atoms with Crippen LogP contribution in [0.3, 0.4) is 0 Å². The van der Waals surface area contributed by atoms with Gasteiger partial charge >= 0.3 is 0 Å². The van der Waals surface area contributed by atoms with Crippen LogP contribution in [-0.2, 0) is 0 Å². The highest BCUT2D eigenvalue weighted by Gasteiger charge is 1.93. The van der Waals surface area contributed by atoms with Crippen LogP contribution in [0, 0.1) is 0 Å². The van der Waals surface area contributed by atoms with E-state index in [1.165, 1.54) is 0 Å². The molecule has 0 saturated carbocycles. The first kappa shape index (κ1) is 10.0. The molecule has 0 heterocycles. The quantitative estimate of drug-likeness (QED) is 0.485. The summed E-state index contributed by atoms with van der Waals surface area (Å²) >= 11 is 0. The van der Waals surface area contributed by atoms with Gasteiger partial charge in [-0.1, -0.05) is 25.2 Å². The molecular weight excluding hydrogens is 136 g/mol. The van der Waals surface area contributed by atoms with E-state index >= 15 is 0 Å². The van der Waals surface area contributed by atoms with Crippen LogP contribution < -0.4 is 0 Å². The normalized spacial score (nSPS) is 14.5. The van der Waals surface area contributed by atoms with Crippen molar-refractivity contribution in [3.05, 3.63) is 35.6 Å². The van der Waals surface area contributed by atoms with Gasteiger partial charge in [-0.05, 0) is 31.9 Å². The molecule has 1 nitrogen and oxygen atoms in total. The van der Waals surface area contributed by atoms with Gasteiger partial charge in [-0.15, -0.1) is 0 Å². The van der Waals surface area contributed by atoms with Gasteiger partial charge in [0.1, 0.15) is 5.76 Å². The summed E-state index contributed by atoms with van der Waals surface area (Å²) in [6, 6.07) is 0. The molecule has 0 aliphatic rings. The first-order chi connectivity index (χ1) is 5.26. The van der Waals surface area contributed by atoms with Crippen LogP contribution in [-0.4, -0.2) is 5.11 Å². The third-order valence-corrected chi connectivity index (χ3v) is 1.40. The van der Waals surface area contributed by atoms with Crippen molar-refractivity contribution >= 4 is 0 Å². The second-order valence-electron chi connectivity index (χ2n) is 2.26. The van der Waals surface area contributed by atoms with E-state index in [0.29, 0.717) is 5.76 Å². The van der Waals surface area contributed by atoms with Gasteiger partial charge in [0.25, 0.3) is 0 Å². The van der Waals surface area contributed by atoms with Gasteiger partial charge in [-0.2, -0.15) is 0 Å². The van der Waals surface area contributed by atoms with E-state index in [1.54, 1.807) is 6.08 Å². The fourth-order valence-electron chi connectivity index (χ4n) is 0.850. The average Bonchev–Trinajstić information content (AvgIpc) is 2.00. The predicted octanol–water partition coefficient (Wildman–Crippen LogP) is 3.36. The zero-order valence-corrected chi connectivity index (χ0v) is 7.46.